The number of benzene rings is 1. The first-order chi connectivity index (χ1) is 8.22. The van der Waals surface area contributed by atoms with Crippen molar-refractivity contribution in [2.75, 3.05) is 24.5 Å². The summed E-state index contributed by atoms with van der Waals surface area (Å²) in [4.78, 5) is 2.36. The van der Waals surface area contributed by atoms with Crippen LogP contribution in [0.4, 0.5) is 10.1 Å². The van der Waals surface area contributed by atoms with Crippen molar-refractivity contribution in [1.29, 1.82) is 0 Å². The van der Waals surface area contributed by atoms with Gasteiger partial charge in [0.05, 0.1) is 0 Å². The maximum atomic E-state index is 13.4. The Morgan fingerprint density at radius 3 is 2.71 bits per heavy atom. The van der Waals surface area contributed by atoms with E-state index < -0.39 is 0 Å². The van der Waals surface area contributed by atoms with Gasteiger partial charge < -0.3 is 10.2 Å². The second-order valence-electron chi connectivity index (χ2n) is 4.68. The van der Waals surface area contributed by atoms with Gasteiger partial charge in [0, 0.05) is 24.8 Å². The van der Waals surface area contributed by atoms with Gasteiger partial charge in [-0.2, -0.15) is 0 Å². The summed E-state index contributed by atoms with van der Waals surface area (Å²) in [5.41, 5.74) is 2.27. The largest absolute Gasteiger partial charge is 0.371 e. The zero-order valence-electron chi connectivity index (χ0n) is 10.7. The van der Waals surface area contributed by atoms with Crippen molar-refractivity contribution in [2.45, 2.75) is 32.7 Å². The second-order valence-corrected chi connectivity index (χ2v) is 4.68. The molecule has 1 fully saturated rings. The summed E-state index contributed by atoms with van der Waals surface area (Å²) in [5, 5.41) is 3.36. The van der Waals surface area contributed by atoms with Gasteiger partial charge in [-0.3, -0.25) is 0 Å². The summed E-state index contributed by atoms with van der Waals surface area (Å²) in [6.07, 6.45) is 2.48. The minimum Gasteiger partial charge on any atom is -0.371 e. The molecule has 1 aromatic carbocycles. The van der Waals surface area contributed by atoms with Crippen LogP contribution >= 0.6 is 0 Å². The molecule has 2 nitrogen and oxygen atoms in total. The number of hydrogen-bond donors (Lipinski definition) is 1. The minimum atomic E-state index is -0.146. The van der Waals surface area contributed by atoms with Crippen LogP contribution in [-0.4, -0.2) is 19.6 Å². The Bertz CT molecular complexity index is 372. The van der Waals surface area contributed by atoms with Crippen LogP contribution in [0.25, 0.3) is 0 Å². The van der Waals surface area contributed by atoms with E-state index in [0.29, 0.717) is 0 Å². The molecule has 0 amide bonds. The fourth-order valence-electron chi connectivity index (χ4n) is 2.53. The maximum absolute atomic E-state index is 13.4. The summed E-state index contributed by atoms with van der Waals surface area (Å²) in [7, 11) is 0. The van der Waals surface area contributed by atoms with Gasteiger partial charge in [0.15, 0.2) is 0 Å². The molecular weight excluding hydrogens is 215 g/mol. The SMILES string of the molecule is CCNC(C)c1cc(F)ccc1N1CCCC1. The highest BCUT2D eigenvalue weighted by molar-refractivity contribution is 5.55. The fourth-order valence-corrected chi connectivity index (χ4v) is 2.53. The first-order valence-corrected chi connectivity index (χ1v) is 6.50. The average molecular weight is 236 g/mol. The zero-order valence-corrected chi connectivity index (χ0v) is 10.7. The van der Waals surface area contributed by atoms with Crippen molar-refractivity contribution in [1.82, 2.24) is 5.32 Å². The van der Waals surface area contributed by atoms with Crippen molar-refractivity contribution in [2.24, 2.45) is 0 Å². The lowest BCUT2D eigenvalue weighted by atomic mass is 10.0. The smallest absolute Gasteiger partial charge is 0.123 e. The van der Waals surface area contributed by atoms with Crippen LogP contribution in [0, 0.1) is 5.82 Å². The number of hydrogen-bond acceptors (Lipinski definition) is 2. The van der Waals surface area contributed by atoms with Gasteiger partial charge in [-0.15, -0.1) is 0 Å². The molecule has 0 saturated carbocycles. The number of halogens is 1. The van der Waals surface area contributed by atoms with Crippen LogP contribution in [0.2, 0.25) is 0 Å². The molecule has 1 aliphatic heterocycles. The molecule has 3 heteroatoms. The molecule has 0 aliphatic carbocycles. The minimum absolute atomic E-state index is 0.146. The Labute approximate surface area is 103 Å². The normalized spacial score (nSPS) is 17.5. The number of nitrogens with zero attached hydrogens (tertiary/aromatic N) is 1. The van der Waals surface area contributed by atoms with Crippen molar-refractivity contribution in [3.05, 3.63) is 29.6 Å². The van der Waals surface area contributed by atoms with Crippen molar-refractivity contribution >= 4 is 5.69 Å². The molecule has 1 atom stereocenters. The lowest BCUT2D eigenvalue weighted by Crippen LogP contribution is -2.24. The maximum Gasteiger partial charge on any atom is 0.123 e. The van der Waals surface area contributed by atoms with Crippen LogP contribution < -0.4 is 10.2 Å². The van der Waals surface area contributed by atoms with Crippen LogP contribution in [0.15, 0.2) is 18.2 Å². The highest BCUT2D eigenvalue weighted by Gasteiger charge is 2.18. The van der Waals surface area contributed by atoms with Gasteiger partial charge in [-0.1, -0.05) is 6.92 Å². The molecule has 1 aromatic rings. The van der Waals surface area contributed by atoms with E-state index in [-0.39, 0.29) is 11.9 Å². The summed E-state index contributed by atoms with van der Waals surface area (Å²) in [6.45, 7) is 7.26. The Morgan fingerprint density at radius 1 is 1.35 bits per heavy atom. The van der Waals surface area contributed by atoms with Gasteiger partial charge in [0.1, 0.15) is 5.82 Å². The van der Waals surface area contributed by atoms with Crippen LogP contribution in [0.5, 0.6) is 0 Å². The molecule has 0 spiro atoms. The van der Waals surface area contributed by atoms with Crippen LogP contribution in [0.3, 0.4) is 0 Å². The Morgan fingerprint density at radius 2 is 2.06 bits per heavy atom. The Kier molecular flexibility index (Phi) is 4.00. The Balaban J connectivity index is 2.29. The molecule has 17 heavy (non-hydrogen) atoms. The van der Waals surface area contributed by atoms with E-state index >= 15 is 0 Å². The first-order valence-electron chi connectivity index (χ1n) is 6.50. The average Bonchev–Trinajstić information content (AvgIpc) is 2.82. The third-order valence-electron chi connectivity index (χ3n) is 3.41. The topological polar surface area (TPSA) is 15.3 Å². The number of nitrogens with one attached hydrogen (secondary N) is 1. The van der Waals surface area contributed by atoms with E-state index in [1.165, 1.54) is 18.5 Å². The third-order valence-corrected chi connectivity index (χ3v) is 3.41. The molecule has 1 saturated heterocycles. The van der Waals surface area contributed by atoms with E-state index in [1.807, 2.05) is 6.07 Å². The predicted molar refractivity (Wildman–Crippen MR) is 69.9 cm³/mol. The molecule has 94 valence electrons. The zero-order chi connectivity index (χ0) is 12.3. The molecule has 1 N–H and O–H groups in total. The molecule has 0 radical (unpaired) electrons. The highest BCUT2D eigenvalue weighted by atomic mass is 19.1. The van der Waals surface area contributed by atoms with E-state index in [1.54, 1.807) is 12.1 Å². The van der Waals surface area contributed by atoms with Crippen LogP contribution in [0.1, 0.15) is 38.3 Å². The molecular formula is C14H21FN2. The molecule has 1 heterocycles. The Hall–Kier alpha value is -1.09. The predicted octanol–water partition coefficient (Wildman–Crippen LogP) is 3.10. The summed E-state index contributed by atoms with van der Waals surface area (Å²) in [5.74, 6) is -0.146. The third kappa shape index (κ3) is 2.78. The molecule has 1 unspecified atom stereocenters. The summed E-state index contributed by atoms with van der Waals surface area (Å²) in [6, 6.07) is 5.35. The van der Waals surface area contributed by atoms with E-state index in [2.05, 4.69) is 24.1 Å². The van der Waals surface area contributed by atoms with E-state index in [9.17, 15) is 4.39 Å². The van der Waals surface area contributed by atoms with Gasteiger partial charge >= 0.3 is 0 Å². The van der Waals surface area contributed by atoms with E-state index in [4.69, 9.17) is 0 Å². The summed E-state index contributed by atoms with van der Waals surface area (Å²) >= 11 is 0. The fraction of sp³-hybridized carbons (Fsp3) is 0.571. The standard InChI is InChI=1S/C14H21FN2/c1-3-16-11(2)13-10-12(15)6-7-14(13)17-8-4-5-9-17/h6-7,10-11,16H,3-5,8-9H2,1-2H3. The van der Waals surface area contributed by atoms with Gasteiger partial charge in [0.2, 0.25) is 0 Å². The molecule has 0 bridgehead atoms. The molecule has 1 aliphatic rings. The van der Waals surface area contributed by atoms with Crippen molar-refractivity contribution < 1.29 is 4.39 Å². The van der Waals surface area contributed by atoms with Crippen molar-refractivity contribution in [3.63, 3.8) is 0 Å². The quantitative estimate of drug-likeness (QED) is 0.864. The van der Waals surface area contributed by atoms with E-state index in [0.717, 1.165) is 25.2 Å². The van der Waals surface area contributed by atoms with Crippen molar-refractivity contribution in [3.8, 4) is 0 Å². The highest BCUT2D eigenvalue weighted by Crippen LogP contribution is 2.29. The lowest BCUT2D eigenvalue weighted by Gasteiger charge is -2.25. The number of anilines is 1. The molecule has 0 aromatic heterocycles. The second kappa shape index (κ2) is 5.50. The van der Waals surface area contributed by atoms with Gasteiger partial charge in [-0.25, -0.2) is 4.39 Å². The van der Waals surface area contributed by atoms with Gasteiger partial charge in [-0.05, 0) is 50.1 Å². The first kappa shape index (κ1) is 12.4. The number of rotatable bonds is 4. The lowest BCUT2D eigenvalue weighted by molar-refractivity contribution is 0.582. The van der Waals surface area contributed by atoms with Gasteiger partial charge in [0.25, 0.3) is 0 Å². The molecule has 2 rings (SSSR count). The summed E-state index contributed by atoms with van der Waals surface area (Å²) < 4.78 is 13.4. The van der Waals surface area contributed by atoms with Crippen LogP contribution in [-0.2, 0) is 0 Å². The monoisotopic (exact) mass is 236 g/mol.